The molecule has 1 aliphatic rings. The van der Waals surface area contributed by atoms with Gasteiger partial charge in [0, 0.05) is 5.56 Å². The molecule has 3 rings (SSSR count). The number of amides is 2. The van der Waals surface area contributed by atoms with E-state index in [1.165, 1.54) is 6.92 Å². The summed E-state index contributed by atoms with van der Waals surface area (Å²) in [6, 6.07) is 16.8. The van der Waals surface area contributed by atoms with Crippen molar-refractivity contribution in [3.63, 3.8) is 0 Å². The van der Waals surface area contributed by atoms with Crippen LogP contribution >= 0.6 is 0 Å². The fraction of sp³-hybridized carbons (Fsp3) is 0.240. The van der Waals surface area contributed by atoms with Crippen LogP contribution in [0.4, 0.5) is 0 Å². The van der Waals surface area contributed by atoms with Crippen molar-refractivity contribution in [3.05, 3.63) is 90.0 Å². The molecule has 0 fully saturated rings. The number of rotatable bonds is 8. The monoisotopic (exact) mass is 418 g/mol. The molecule has 3 atom stereocenters. The summed E-state index contributed by atoms with van der Waals surface area (Å²) >= 11 is 0. The topological polar surface area (TPSA) is 95.5 Å². The number of carboxylic acid groups (broad SMARTS) is 1. The maximum Gasteiger partial charge on any atom is 0.325 e. The van der Waals surface area contributed by atoms with Gasteiger partial charge in [-0.15, -0.1) is 0 Å². The molecule has 6 nitrogen and oxygen atoms in total. The van der Waals surface area contributed by atoms with Crippen molar-refractivity contribution in [2.24, 2.45) is 5.92 Å². The molecule has 0 saturated carbocycles. The third-order valence-corrected chi connectivity index (χ3v) is 5.22. The van der Waals surface area contributed by atoms with Gasteiger partial charge in [-0.1, -0.05) is 66.8 Å². The first-order valence-electron chi connectivity index (χ1n) is 10.3. The van der Waals surface area contributed by atoms with E-state index >= 15 is 0 Å². The lowest BCUT2D eigenvalue weighted by atomic mass is 9.88. The highest BCUT2D eigenvalue weighted by Crippen LogP contribution is 2.26. The van der Waals surface area contributed by atoms with Crippen molar-refractivity contribution in [1.29, 1.82) is 0 Å². The van der Waals surface area contributed by atoms with Crippen LogP contribution in [0.15, 0.2) is 78.9 Å². The normalized spacial score (nSPS) is 17.2. The zero-order valence-corrected chi connectivity index (χ0v) is 17.3. The minimum atomic E-state index is -1.13. The molecule has 0 saturated heterocycles. The number of carbonyl (C=O) groups is 3. The average Bonchev–Trinajstić information content (AvgIpc) is 2.80. The lowest BCUT2D eigenvalue weighted by Crippen LogP contribution is -2.51. The van der Waals surface area contributed by atoms with Gasteiger partial charge in [0.2, 0.25) is 5.91 Å². The predicted molar refractivity (Wildman–Crippen MR) is 119 cm³/mol. The molecule has 3 N–H and O–H groups in total. The van der Waals surface area contributed by atoms with Crippen LogP contribution < -0.4 is 10.6 Å². The quantitative estimate of drug-likeness (QED) is 0.612. The van der Waals surface area contributed by atoms with Crippen LogP contribution in [0, 0.1) is 5.92 Å². The Kier molecular flexibility index (Phi) is 7.38. The van der Waals surface area contributed by atoms with Gasteiger partial charge in [0.05, 0.1) is 0 Å². The standard InChI is InChI=1S/C25H26N2O4/c1-17(25(30)31)26-24(29)22(27-23(28)21-10-6-3-7-11-21)16-18-12-14-20(15-13-18)19-8-4-2-5-9-19/h2-12,14-15,17-18,22H,13,16H2,1H3,(H,26,29)(H,27,28)(H,30,31)/t17-,18?,22+/m0/s1. The fourth-order valence-corrected chi connectivity index (χ4v) is 3.43. The first-order chi connectivity index (χ1) is 14.9. The minimum absolute atomic E-state index is 0.0411. The molecule has 1 unspecified atom stereocenters. The van der Waals surface area contributed by atoms with Gasteiger partial charge in [0.1, 0.15) is 12.1 Å². The van der Waals surface area contributed by atoms with Gasteiger partial charge in [-0.25, -0.2) is 0 Å². The van der Waals surface area contributed by atoms with Crippen LogP contribution in [0.3, 0.4) is 0 Å². The fourth-order valence-electron chi connectivity index (χ4n) is 3.43. The van der Waals surface area contributed by atoms with E-state index in [-0.39, 0.29) is 11.8 Å². The van der Waals surface area contributed by atoms with Gasteiger partial charge in [0.15, 0.2) is 0 Å². The smallest absolute Gasteiger partial charge is 0.325 e. The van der Waals surface area contributed by atoms with Gasteiger partial charge < -0.3 is 15.7 Å². The third-order valence-electron chi connectivity index (χ3n) is 5.22. The summed E-state index contributed by atoms with van der Waals surface area (Å²) in [6.45, 7) is 1.39. The molecule has 2 aromatic carbocycles. The van der Waals surface area contributed by atoms with Gasteiger partial charge >= 0.3 is 5.97 Å². The number of carbonyl (C=O) groups excluding carboxylic acids is 2. The van der Waals surface area contributed by atoms with Crippen molar-refractivity contribution in [1.82, 2.24) is 10.6 Å². The molecule has 0 radical (unpaired) electrons. The summed E-state index contributed by atoms with van der Waals surface area (Å²) in [5.41, 5.74) is 2.68. The number of nitrogens with one attached hydrogen (secondary N) is 2. The first-order valence-corrected chi connectivity index (χ1v) is 10.3. The molecule has 0 spiro atoms. The number of hydrogen-bond donors (Lipinski definition) is 3. The number of carboxylic acids is 1. The Morgan fingerprint density at radius 3 is 2.23 bits per heavy atom. The van der Waals surface area contributed by atoms with Crippen molar-refractivity contribution in [3.8, 4) is 0 Å². The highest BCUT2D eigenvalue weighted by Gasteiger charge is 2.27. The Bertz CT molecular complexity index is 983. The SMILES string of the molecule is C[C@H](NC(=O)[C@@H](CC1C=CC(c2ccccc2)=CC1)NC(=O)c1ccccc1)C(=O)O. The molecule has 1 aliphatic carbocycles. The van der Waals surface area contributed by atoms with Gasteiger partial charge in [-0.05, 0) is 49.0 Å². The molecule has 2 amide bonds. The Hall–Kier alpha value is -3.67. The lowest BCUT2D eigenvalue weighted by molar-refractivity contribution is -0.141. The van der Waals surface area contributed by atoms with E-state index in [0.717, 1.165) is 17.6 Å². The van der Waals surface area contributed by atoms with Crippen molar-refractivity contribution >= 4 is 23.4 Å². The maximum absolute atomic E-state index is 12.8. The van der Waals surface area contributed by atoms with E-state index in [2.05, 4.69) is 16.7 Å². The number of benzene rings is 2. The van der Waals surface area contributed by atoms with Gasteiger partial charge in [-0.2, -0.15) is 0 Å². The molecule has 0 aromatic heterocycles. The average molecular weight is 418 g/mol. The van der Waals surface area contributed by atoms with Crippen LogP contribution in [0.25, 0.3) is 5.57 Å². The number of allylic oxidation sites excluding steroid dienone is 4. The molecule has 0 heterocycles. The Morgan fingerprint density at radius 1 is 1.00 bits per heavy atom. The summed E-state index contributed by atoms with van der Waals surface area (Å²) in [4.78, 5) is 36.5. The van der Waals surface area contributed by atoms with Crippen LogP contribution in [-0.2, 0) is 9.59 Å². The number of aliphatic carboxylic acids is 1. The molecule has 0 aliphatic heterocycles. The largest absolute Gasteiger partial charge is 0.480 e. The molecule has 6 heteroatoms. The maximum atomic E-state index is 12.8. The van der Waals surface area contributed by atoms with Crippen LogP contribution in [-0.4, -0.2) is 35.0 Å². The molecule has 0 bridgehead atoms. The third kappa shape index (κ3) is 6.15. The lowest BCUT2D eigenvalue weighted by Gasteiger charge is -2.24. The number of hydrogen-bond acceptors (Lipinski definition) is 3. The summed E-state index contributed by atoms with van der Waals surface area (Å²) < 4.78 is 0. The highest BCUT2D eigenvalue weighted by atomic mass is 16.4. The summed E-state index contributed by atoms with van der Waals surface area (Å²) in [5, 5.41) is 14.3. The van der Waals surface area contributed by atoms with E-state index < -0.39 is 24.0 Å². The first kappa shape index (κ1) is 22.0. The molecular weight excluding hydrogens is 392 g/mol. The second-order valence-corrected chi connectivity index (χ2v) is 7.58. The van der Waals surface area contributed by atoms with Gasteiger partial charge in [-0.3, -0.25) is 14.4 Å². The summed E-state index contributed by atoms with van der Waals surface area (Å²) in [7, 11) is 0. The van der Waals surface area contributed by atoms with E-state index in [1.54, 1.807) is 30.3 Å². The Balaban J connectivity index is 1.70. The van der Waals surface area contributed by atoms with E-state index in [9.17, 15) is 14.4 Å². The molecule has 160 valence electrons. The predicted octanol–water partition coefficient (Wildman–Crippen LogP) is 3.42. The van der Waals surface area contributed by atoms with Gasteiger partial charge in [0.25, 0.3) is 5.91 Å². The second kappa shape index (κ2) is 10.4. The van der Waals surface area contributed by atoms with E-state index in [4.69, 9.17) is 5.11 Å². The Labute approximate surface area is 181 Å². The summed E-state index contributed by atoms with van der Waals surface area (Å²) in [5.74, 6) is -1.97. The highest BCUT2D eigenvalue weighted by molar-refractivity contribution is 5.98. The van der Waals surface area contributed by atoms with Crippen molar-refractivity contribution in [2.75, 3.05) is 0 Å². The van der Waals surface area contributed by atoms with Crippen LogP contribution in [0.1, 0.15) is 35.7 Å². The minimum Gasteiger partial charge on any atom is -0.480 e. The van der Waals surface area contributed by atoms with Crippen molar-refractivity contribution in [2.45, 2.75) is 31.8 Å². The second-order valence-electron chi connectivity index (χ2n) is 7.58. The summed E-state index contributed by atoms with van der Waals surface area (Å²) in [6.07, 6.45) is 7.27. The zero-order chi connectivity index (χ0) is 22.2. The van der Waals surface area contributed by atoms with Crippen molar-refractivity contribution < 1.29 is 19.5 Å². The molecule has 31 heavy (non-hydrogen) atoms. The van der Waals surface area contributed by atoms with E-state index in [1.807, 2.05) is 42.5 Å². The molecule has 2 aromatic rings. The Morgan fingerprint density at radius 2 is 1.65 bits per heavy atom. The zero-order valence-electron chi connectivity index (χ0n) is 17.3. The van der Waals surface area contributed by atoms with Crippen LogP contribution in [0.2, 0.25) is 0 Å². The van der Waals surface area contributed by atoms with E-state index in [0.29, 0.717) is 12.0 Å². The van der Waals surface area contributed by atoms with Crippen LogP contribution in [0.5, 0.6) is 0 Å². The molecular formula is C25H26N2O4.